The summed E-state index contributed by atoms with van der Waals surface area (Å²) in [6, 6.07) is 5.85. The second-order valence-electron chi connectivity index (χ2n) is 4.52. The van der Waals surface area contributed by atoms with E-state index in [1.54, 1.807) is 13.2 Å². The molecule has 0 bridgehead atoms. The molecule has 0 aliphatic carbocycles. The molecule has 0 N–H and O–H groups in total. The van der Waals surface area contributed by atoms with Crippen molar-refractivity contribution in [2.75, 3.05) is 19.6 Å². The number of halogens is 1. The van der Waals surface area contributed by atoms with Crippen LogP contribution in [0.3, 0.4) is 0 Å². The van der Waals surface area contributed by atoms with Gasteiger partial charge in [0.2, 0.25) is 0 Å². The molecule has 1 aromatic rings. The summed E-state index contributed by atoms with van der Waals surface area (Å²) in [6.07, 6.45) is 3.80. The number of ether oxygens (including phenoxy) is 2. The topological polar surface area (TPSA) is 18.5 Å². The molecular weight excluding hydrogens is 260 g/mol. The molecule has 0 saturated carbocycles. The molecule has 0 saturated heterocycles. The Morgan fingerprint density at radius 1 is 1.37 bits per heavy atom. The number of methoxy groups -OCH3 is 1. The van der Waals surface area contributed by atoms with Crippen LogP contribution in [-0.4, -0.2) is 19.6 Å². The van der Waals surface area contributed by atoms with Gasteiger partial charge in [0.05, 0.1) is 7.11 Å². The predicted molar refractivity (Wildman–Crippen MR) is 82.2 cm³/mol. The number of hydrogen-bond acceptors (Lipinski definition) is 2. The molecule has 0 aliphatic rings. The van der Waals surface area contributed by atoms with Gasteiger partial charge in [-0.15, -0.1) is 11.6 Å². The number of allylic oxidation sites excluding steroid dienone is 1. The number of alkyl halides is 1. The van der Waals surface area contributed by atoms with Crippen molar-refractivity contribution in [3.05, 3.63) is 42.0 Å². The van der Waals surface area contributed by atoms with Crippen molar-refractivity contribution in [3.8, 4) is 11.5 Å². The van der Waals surface area contributed by atoms with Crippen LogP contribution in [0.1, 0.15) is 19.4 Å². The molecule has 0 aliphatic heterocycles. The summed E-state index contributed by atoms with van der Waals surface area (Å²) in [5.41, 5.74) is 2.26. The Morgan fingerprint density at radius 3 is 2.63 bits per heavy atom. The van der Waals surface area contributed by atoms with Gasteiger partial charge in [0, 0.05) is 5.88 Å². The van der Waals surface area contributed by atoms with Crippen LogP contribution in [0.15, 0.2) is 36.4 Å². The van der Waals surface area contributed by atoms with Gasteiger partial charge in [-0.1, -0.05) is 44.2 Å². The van der Waals surface area contributed by atoms with Crippen LogP contribution >= 0.6 is 11.6 Å². The largest absolute Gasteiger partial charge is 0.493 e. The molecule has 1 rings (SSSR count). The van der Waals surface area contributed by atoms with E-state index in [9.17, 15) is 0 Å². The Kier molecular flexibility index (Phi) is 6.51. The molecule has 1 aromatic carbocycles. The third-order valence-corrected chi connectivity index (χ3v) is 3.10. The van der Waals surface area contributed by atoms with Crippen molar-refractivity contribution in [1.29, 1.82) is 0 Å². The fourth-order valence-electron chi connectivity index (χ4n) is 1.62. The van der Waals surface area contributed by atoms with Gasteiger partial charge >= 0.3 is 0 Å². The average molecular weight is 281 g/mol. The molecule has 19 heavy (non-hydrogen) atoms. The molecule has 0 amide bonds. The van der Waals surface area contributed by atoms with E-state index in [0.29, 0.717) is 24.2 Å². The van der Waals surface area contributed by atoms with Gasteiger partial charge in [-0.05, 0) is 23.6 Å². The highest BCUT2D eigenvalue weighted by atomic mass is 35.5. The van der Waals surface area contributed by atoms with Gasteiger partial charge in [-0.25, -0.2) is 0 Å². The summed E-state index contributed by atoms with van der Waals surface area (Å²) in [5.74, 6) is 2.40. The standard InChI is InChI=1S/C16H21ClO2/c1-5-8-19-15-7-6-13(10-16(15)18-4)9-14(11-17)12(2)3/h5-7,9-10,12H,1,8,11H2,2-4H3. The fraction of sp³-hybridized carbons (Fsp3) is 0.375. The molecule has 0 fully saturated rings. The average Bonchev–Trinajstić information content (AvgIpc) is 2.42. The second kappa shape index (κ2) is 7.90. The minimum Gasteiger partial charge on any atom is -0.493 e. The van der Waals surface area contributed by atoms with Crippen molar-refractivity contribution in [3.63, 3.8) is 0 Å². The van der Waals surface area contributed by atoms with Crippen LogP contribution < -0.4 is 9.47 Å². The minimum absolute atomic E-state index is 0.431. The SMILES string of the molecule is C=CCOc1ccc(C=C(CCl)C(C)C)cc1OC. The lowest BCUT2D eigenvalue weighted by molar-refractivity contribution is 0.326. The molecule has 0 atom stereocenters. The molecule has 3 heteroatoms. The van der Waals surface area contributed by atoms with Crippen LogP contribution in [-0.2, 0) is 0 Å². The summed E-state index contributed by atoms with van der Waals surface area (Å²) in [7, 11) is 1.63. The Bertz CT molecular complexity index is 450. The second-order valence-corrected chi connectivity index (χ2v) is 4.78. The Morgan fingerprint density at radius 2 is 2.11 bits per heavy atom. The van der Waals surface area contributed by atoms with E-state index in [0.717, 1.165) is 11.3 Å². The molecule has 0 unspecified atom stereocenters. The first kappa shape index (κ1) is 15.6. The number of rotatable bonds is 7. The molecule has 104 valence electrons. The van der Waals surface area contributed by atoms with E-state index < -0.39 is 0 Å². The quantitative estimate of drug-likeness (QED) is 0.539. The van der Waals surface area contributed by atoms with Gasteiger partial charge in [0.15, 0.2) is 11.5 Å². The normalized spacial score (nSPS) is 11.5. The first-order valence-corrected chi connectivity index (χ1v) is 6.84. The monoisotopic (exact) mass is 280 g/mol. The highest BCUT2D eigenvalue weighted by molar-refractivity contribution is 6.19. The summed E-state index contributed by atoms with van der Waals surface area (Å²) >= 11 is 5.95. The van der Waals surface area contributed by atoms with Crippen LogP contribution in [0.5, 0.6) is 11.5 Å². The van der Waals surface area contributed by atoms with E-state index >= 15 is 0 Å². The maximum atomic E-state index is 5.95. The maximum absolute atomic E-state index is 5.95. The zero-order chi connectivity index (χ0) is 14.3. The first-order chi connectivity index (χ1) is 9.12. The van der Waals surface area contributed by atoms with Gasteiger partial charge < -0.3 is 9.47 Å². The Balaban J connectivity index is 3.02. The minimum atomic E-state index is 0.431. The van der Waals surface area contributed by atoms with Crippen LogP contribution in [0, 0.1) is 5.92 Å². The zero-order valence-electron chi connectivity index (χ0n) is 11.8. The van der Waals surface area contributed by atoms with E-state index in [1.165, 1.54) is 5.57 Å². The molecule has 0 radical (unpaired) electrons. The first-order valence-electron chi connectivity index (χ1n) is 6.30. The lowest BCUT2D eigenvalue weighted by Crippen LogP contribution is -1.97. The Hall–Kier alpha value is -1.41. The van der Waals surface area contributed by atoms with Crippen LogP contribution in [0.2, 0.25) is 0 Å². The highest BCUT2D eigenvalue weighted by Crippen LogP contribution is 2.29. The smallest absolute Gasteiger partial charge is 0.161 e. The lowest BCUT2D eigenvalue weighted by atomic mass is 10.0. The summed E-state index contributed by atoms with van der Waals surface area (Å²) in [5, 5.41) is 0. The summed E-state index contributed by atoms with van der Waals surface area (Å²) in [6.45, 7) is 8.36. The van der Waals surface area contributed by atoms with Crippen LogP contribution in [0.4, 0.5) is 0 Å². The van der Waals surface area contributed by atoms with E-state index in [2.05, 4.69) is 26.5 Å². The van der Waals surface area contributed by atoms with E-state index in [-0.39, 0.29) is 0 Å². The fourth-order valence-corrected chi connectivity index (χ4v) is 2.00. The third-order valence-electron chi connectivity index (χ3n) is 2.79. The van der Waals surface area contributed by atoms with Crippen molar-refractivity contribution < 1.29 is 9.47 Å². The third kappa shape index (κ3) is 4.64. The van der Waals surface area contributed by atoms with Crippen molar-refractivity contribution in [2.45, 2.75) is 13.8 Å². The maximum Gasteiger partial charge on any atom is 0.161 e. The summed E-state index contributed by atoms with van der Waals surface area (Å²) in [4.78, 5) is 0. The predicted octanol–water partition coefficient (Wildman–Crippen LogP) is 4.54. The molecule has 0 heterocycles. The van der Waals surface area contributed by atoms with Crippen molar-refractivity contribution in [1.82, 2.24) is 0 Å². The zero-order valence-corrected chi connectivity index (χ0v) is 12.5. The van der Waals surface area contributed by atoms with Crippen molar-refractivity contribution >= 4 is 17.7 Å². The van der Waals surface area contributed by atoms with Gasteiger partial charge in [0.25, 0.3) is 0 Å². The molecular formula is C16H21ClO2. The van der Waals surface area contributed by atoms with Crippen LogP contribution in [0.25, 0.3) is 6.08 Å². The van der Waals surface area contributed by atoms with Gasteiger partial charge in [-0.2, -0.15) is 0 Å². The van der Waals surface area contributed by atoms with E-state index in [1.807, 2.05) is 18.2 Å². The van der Waals surface area contributed by atoms with Gasteiger partial charge in [0.1, 0.15) is 6.61 Å². The summed E-state index contributed by atoms with van der Waals surface area (Å²) < 4.78 is 10.9. The van der Waals surface area contributed by atoms with Crippen molar-refractivity contribution in [2.24, 2.45) is 5.92 Å². The molecule has 0 spiro atoms. The highest BCUT2D eigenvalue weighted by Gasteiger charge is 2.06. The Labute approximate surface area is 120 Å². The molecule has 0 aromatic heterocycles. The lowest BCUT2D eigenvalue weighted by Gasteiger charge is -2.11. The van der Waals surface area contributed by atoms with E-state index in [4.69, 9.17) is 21.1 Å². The number of hydrogen-bond donors (Lipinski definition) is 0. The molecule has 2 nitrogen and oxygen atoms in total. The van der Waals surface area contributed by atoms with Gasteiger partial charge in [-0.3, -0.25) is 0 Å². The number of benzene rings is 1.